The molecule has 0 aliphatic carbocycles. The second-order valence-electron chi connectivity index (χ2n) is 5.04. The Morgan fingerprint density at radius 1 is 1.39 bits per heavy atom. The van der Waals surface area contributed by atoms with Crippen LogP contribution in [0.3, 0.4) is 0 Å². The van der Waals surface area contributed by atoms with Gasteiger partial charge in [-0.3, -0.25) is 9.36 Å². The lowest BCUT2D eigenvalue weighted by atomic mass is 10.2. The van der Waals surface area contributed by atoms with E-state index < -0.39 is 0 Å². The van der Waals surface area contributed by atoms with Crippen molar-refractivity contribution in [2.24, 2.45) is 0 Å². The number of rotatable bonds is 3. The molecule has 2 heterocycles. The number of hydrogen-bond acceptors (Lipinski definition) is 3. The van der Waals surface area contributed by atoms with E-state index in [2.05, 4.69) is 10.4 Å². The summed E-state index contributed by atoms with van der Waals surface area (Å²) in [7, 11) is 0. The molecule has 18 heavy (non-hydrogen) atoms. The maximum Gasteiger partial charge on any atom is 0.346 e. The van der Waals surface area contributed by atoms with Gasteiger partial charge in [-0.25, -0.2) is 9.48 Å². The van der Waals surface area contributed by atoms with Crippen molar-refractivity contribution in [2.75, 3.05) is 0 Å². The fraction of sp³-hybridized carbons (Fsp3) is 0.750. The molecular weight excluding hydrogens is 232 g/mol. The van der Waals surface area contributed by atoms with Crippen LogP contribution in [0.2, 0.25) is 0 Å². The van der Waals surface area contributed by atoms with E-state index in [4.69, 9.17) is 0 Å². The first-order valence-corrected chi connectivity index (χ1v) is 6.54. The van der Waals surface area contributed by atoms with Crippen molar-refractivity contribution in [2.45, 2.75) is 58.7 Å². The molecule has 0 bridgehead atoms. The molecular formula is C12H20N4O2. The van der Waals surface area contributed by atoms with Gasteiger partial charge in [-0.15, -0.1) is 0 Å². The smallest absolute Gasteiger partial charge is 0.346 e. The first-order valence-electron chi connectivity index (χ1n) is 6.54. The lowest BCUT2D eigenvalue weighted by molar-refractivity contribution is -0.122. The number of aromatic nitrogens is 3. The van der Waals surface area contributed by atoms with Crippen LogP contribution in [0.4, 0.5) is 0 Å². The maximum absolute atomic E-state index is 12.1. The van der Waals surface area contributed by atoms with Crippen LogP contribution < -0.4 is 11.0 Å². The van der Waals surface area contributed by atoms with Gasteiger partial charge in [0, 0.05) is 19.0 Å². The van der Waals surface area contributed by atoms with Crippen LogP contribution in [0, 0.1) is 0 Å². The first kappa shape index (κ1) is 12.9. The molecule has 1 aromatic rings. The predicted octanol–water partition coefficient (Wildman–Crippen LogP) is 0.296. The molecule has 6 nitrogen and oxygen atoms in total. The molecule has 0 spiro atoms. The van der Waals surface area contributed by atoms with Gasteiger partial charge in [0.15, 0.2) is 0 Å². The molecule has 0 radical (unpaired) electrons. The Balaban J connectivity index is 2.15. The Hall–Kier alpha value is -1.59. The highest BCUT2D eigenvalue weighted by atomic mass is 16.2. The van der Waals surface area contributed by atoms with Crippen molar-refractivity contribution in [1.82, 2.24) is 19.7 Å². The van der Waals surface area contributed by atoms with E-state index in [1.807, 2.05) is 13.8 Å². The topological polar surface area (TPSA) is 68.9 Å². The Labute approximate surface area is 106 Å². The standard InChI is InChI=1S/C12H20N4O2/c1-9(2)13-11(17)8-16-12(18)15-7-5-3-4-6-10(15)14-16/h9H,3-8H2,1-2H3,(H,13,17). The van der Waals surface area contributed by atoms with E-state index >= 15 is 0 Å². The van der Waals surface area contributed by atoms with E-state index in [1.54, 1.807) is 4.57 Å². The van der Waals surface area contributed by atoms with Crippen LogP contribution >= 0.6 is 0 Å². The molecule has 0 saturated heterocycles. The lowest BCUT2D eigenvalue weighted by Crippen LogP contribution is -2.36. The summed E-state index contributed by atoms with van der Waals surface area (Å²) < 4.78 is 2.98. The summed E-state index contributed by atoms with van der Waals surface area (Å²) in [4.78, 5) is 23.7. The quantitative estimate of drug-likeness (QED) is 0.841. The number of amides is 1. The summed E-state index contributed by atoms with van der Waals surface area (Å²) in [5.41, 5.74) is -0.161. The van der Waals surface area contributed by atoms with Crippen LogP contribution in [0.1, 0.15) is 38.9 Å². The van der Waals surface area contributed by atoms with Gasteiger partial charge in [-0.1, -0.05) is 6.42 Å². The molecule has 0 fully saturated rings. The summed E-state index contributed by atoms with van der Waals surface area (Å²) in [6.07, 6.45) is 4.04. The molecule has 1 aliphatic rings. The van der Waals surface area contributed by atoms with E-state index in [0.717, 1.165) is 38.1 Å². The summed E-state index contributed by atoms with van der Waals surface area (Å²) in [5, 5.41) is 7.03. The third kappa shape index (κ3) is 2.80. The molecule has 1 amide bonds. The Bertz CT molecular complexity index is 487. The van der Waals surface area contributed by atoms with E-state index in [1.165, 1.54) is 4.68 Å². The van der Waals surface area contributed by atoms with E-state index in [0.29, 0.717) is 0 Å². The Morgan fingerprint density at radius 2 is 2.17 bits per heavy atom. The number of carbonyl (C=O) groups is 1. The normalized spacial score (nSPS) is 15.3. The fourth-order valence-corrected chi connectivity index (χ4v) is 2.23. The molecule has 0 saturated carbocycles. The number of hydrogen-bond donors (Lipinski definition) is 1. The summed E-state index contributed by atoms with van der Waals surface area (Å²) in [6.45, 7) is 4.52. The van der Waals surface area contributed by atoms with Gasteiger partial charge >= 0.3 is 5.69 Å². The van der Waals surface area contributed by atoms with Crippen molar-refractivity contribution in [1.29, 1.82) is 0 Å². The minimum atomic E-state index is -0.166. The van der Waals surface area contributed by atoms with Crippen molar-refractivity contribution < 1.29 is 4.79 Å². The zero-order chi connectivity index (χ0) is 13.1. The van der Waals surface area contributed by atoms with Gasteiger partial charge in [-0.2, -0.15) is 5.10 Å². The van der Waals surface area contributed by atoms with Gasteiger partial charge in [0.1, 0.15) is 12.4 Å². The van der Waals surface area contributed by atoms with Gasteiger partial charge in [0.05, 0.1) is 0 Å². The Kier molecular flexibility index (Phi) is 3.84. The number of nitrogens with zero attached hydrogens (tertiary/aromatic N) is 3. The van der Waals surface area contributed by atoms with Gasteiger partial charge in [0.2, 0.25) is 5.91 Å². The lowest BCUT2D eigenvalue weighted by Gasteiger charge is -2.07. The SMILES string of the molecule is CC(C)NC(=O)Cn1nc2n(c1=O)CCCCC2. The predicted molar refractivity (Wildman–Crippen MR) is 67.3 cm³/mol. The fourth-order valence-electron chi connectivity index (χ4n) is 2.23. The monoisotopic (exact) mass is 252 g/mol. The summed E-state index contributed by atoms with van der Waals surface area (Å²) in [6, 6.07) is 0.0774. The highest BCUT2D eigenvalue weighted by molar-refractivity contribution is 5.75. The molecule has 0 atom stereocenters. The molecule has 1 aromatic heterocycles. The number of nitrogens with one attached hydrogen (secondary N) is 1. The van der Waals surface area contributed by atoms with Crippen LogP contribution in [0.5, 0.6) is 0 Å². The van der Waals surface area contributed by atoms with Gasteiger partial charge < -0.3 is 5.32 Å². The zero-order valence-electron chi connectivity index (χ0n) is 11.0. The highest BCUT2D eigenvalue weighted by Gasteiger charge is 2.17. The third-order valence-corrected chi connectivity index (χ3v) is 3.02. The highest BCUT2D eigenvalue weighted by Crippen LogP contribution is 2.09. The molecule has 2 rings (SSSR count). The molecule has 0 unspecified atom stereocenters. The first-order chi connectivity index (χ1) is 8.58. The zero-order valence-corrected chi connectivity index (χ0v) is 11.0. The summed E-state index contributed by atoms with van der Waals surface area (Å²) >= 11 is 0. The van der Waals surface area contributed by atoms with Crippen molar-refractivity contribution in [3.63, 3.8) is 0 Å². The number of aryl methyl sites for hydroxylation is 1. The average molecular weight is 252 g/mol. The third-order valence-electron chi connectivity index (χ3n) is 3.02. The minimum Gasteiger partial charge on any atom is -0.352 e. The van der Waals surface area contributed by atoms with Crippen LogP contribution in [0.15, 0.2) is 4.79 Å². The van der Waals surface area contributed by atoms with Gasteiger partial charge in [-0.05, 0) is 26.7 Å². The Morgan fingerprint density at radius 3 is 2.89 bits per heavy atom. The van der Waals surface area contributed by atoms with Crippen molar-refractivity contribution in [3.05, 3.63) is 16.3 Å². The van der Waals surface area contributed by atoms with E-state index in [9.17, 15) is 9.59 Å². The van der Waals surface area contributed by atoms with Crippen LogP contribution in [0.25, 0.3) is 0 Å². The molecule has 100 valence electrons. The van der Waals surface area contributed by atoms with Crippen LogP contribution in [-0.2, 0) is 24.3 Å². The number of carbonyl (C=O) groups excluding carboxylic acids is 1. The van der Waals surface area contributed by atoms with Crippen LogP contribution in [-0.4, -0.2) is 26.3 Å². The van der Waals surface area contributed by atoms with Crippen molar-refractivity contribution >= 4 is 5.91 Å². The molecule has 1 aliphatic heterocycles. The molecule has 6 heteroatoms. The minimum absolute atomic E-state index is 0.0109. The second kappa shape index (κ2) is 5.37. The summed E-state index contributed by atoms with van der Waals surface area (Å²) in [5.74, 6) is 0.648. The molecule has 1 N–H and O–H groups in total. The van der Waals surface area contributed by atoms with Gasteiger partial charge in [0.25, 0.3) is 0 Å². The molecule has 0 aromatic carbocycles. The number of fused-ring (bicyclic) bond motifs is 1. The van der Waals surface area contributed by atoms with Crippen molar-refractivity contribution in [3.8, 4) is 0 Å². The van der Waals surface area contributed by atoms with E-state index in [-0.39, 0.29) is 24.2 Å². The average Bonchev–Trinajstić information content (AvgIpc) is 2.50. The second-order valence-corrected chi connectivity index (χ2v) is 5.04. The maximum atomic E-state index is 12.1. The largest absolute Gasteiger partial charge is 0.352 e.